The second-order valence-electron chi connectivity index (χ2n) is 6.28. The number of nitrogens with one attached hydrogen (secondary N) is 1. The minimum absolute atomic E-state index is 0.172. The lowest BCUT2D eigenvalue weighted by molar-refractivity contribution is 0.00780. The minimum atomic E-state index is -0.451. The molecule has 2 bridgehead atoms. The van der Waals surface area contributed by atoms with Crippen LogP contribution in [0.15, 0.2) is 0 Å². The van der Waals surface area contributed by atoms with Crippen molar-refractivity contribution in [2.24, 2.45) is 5.92 Å². The highest BCUT2D eigenvalue weighted by atomic mass is 16.6. The maximum atomic E-state index is 12.2. The molecule has 0 aliphatic carbocycles. The van der Waals surface area contributed by atoms with E-state index in [-0.39, 0.29) is 24.8 Å². The third kappa shape index (κ3) is 2.78. The van der Waals surface area contributed by atoms with Gasteiger partial charge in [-0.3, -0.25) is 4.90 Å². The SMILES string of the molecule is CC(C)(C)OC(=O)N1[C@H]2CNC[C@@H]1C(CCO)C2. The van der Waals surface area contributed by atoms with Gasteiger partial charge in [-0.1, -0.05) is 0 Å². The van der Waals surface area contributed by atoms with Crippen LogP contribution in [0.2, 0.25) is 0 Å². The van der Waals surface area contributed by atoms with Gasteiger partial charge >= 0.3 is 6.09 Å². The molecule has 104 valence electrons. The van der Waals surface area contributed by atoms with E-state index in [1.165, 1.54) is 0 Å². The van der Waals surface area contributed by atoms with Crippen LogP contribution in [0.25, 0.3) is 0 Å². The summed E-state index contributed by atoms with van der Waals surface area (Å²) >= 11 is 0. The van der Waals surface area contributed by atoms with Crippen molar-refractivity contribution in [3.8, 4) is 0 Å². The van der Waals surface area contributed by atoms with E-state index in [4.69, 9.17) is 9.84 Å². The van der Waals surface area contributed by atoms with Crippen LogP contribution in [-0.4, -0.2) is 53.5 Å². The molecule has 2 fully saturated rings. The van der Waals surface area contributed by atoms with E-state index < -0.39 is 5.60 Å². The number of aliphatic hydroxyl groups excluding tert-OH is 1. The van der Waals surface area contributed by atoms with E-state index in [0.29, 0.717) is 5.92 Å². The second kappa shape index (κ2) is 5.05. The van der Waals surface area contributed by atoms with Crippen molar-refractivity contribution in [1.29, 1.82) is 0 Å². The second-order valence-corrected chi connectivity index (χ2v) is 6.28. The fourth-order valence-corrected chi connectivity index (χ4v) is 3.04. The molecule has 0 aromatic rings. The largest absolute Gasteiger partial charge is 0.444 e. The van der Waals surface area contributed by atoms with Crippen LogP contribution >= 0.6 is 0 Å². The Kier molecular flexibility index (Phi) is 3.82. The summed E-state index contributed by atoms with van der Waals surface area (Å²) in [6.07, 6.45) is 1.53. The average Bonchev–Trinajstić information content (AvgIpc) is 2.45. The number of carbonyl (C=O) groups excluding carboxylic acids is 1. The van der Waals surface area contributed by atoms with Crippen LogP contribution in [-0.2, 0) is 4.74 Å². The van der Waals surface area contributed by atoms with Crippen molar-refractivity contribution in [2.45, 2.75) is 51.3 Å². The quantitative estimate of drug-likeness (QED) is 0.772. The Morgan fingerprint density at radius 1 is 1.44 bits per heavy atom. The first-order valence-corrected chi connectivity index (χ1v) is 6.75. The maximum absolute atomic E-state index is 12.2. The first kappa shape index (κ1) is 13.6. The zero-order chi connectivity index (χ0) is 13.3. The number of hydrogen-bond acceptors (Lipinski definition) is 4. The van der Waals surface area contributed by atoms with E-state index in [0.717, 1.165) is 25.9 Å². The number of fused-ring (bicyclic) bond motifs is 2. The van der Waals surface area contributed by atoms with E-state index in [1.807, 2.05) is 25.7 Å². The third-order valence-corrected chi connectivity index (χ3v) is 3.71. The molecule has 0 aromatic carbocycles. The predicted molar refractivity (Wildman–Crippen MR) is 68.3 cm³/mol. The van der Waals surface area contributed by atoms with Gasteiger partial charge in [0, 0.05) is 25.7 Å². The summed E-state index contributed by atoms with van der Waals surface area (Å²) in [6, 6.07) is 0.390. The summed E-state index contributed by atoms with van der Waals surface area (Å²) in [4.78, 5) is 14.1. The fraction of sp³-hybridized carbons (Fsp3) is 0.923. The molecular formula is C13H24N2O3. The average molecular weight is 256 g/mol. The molecule has 2 heterocycles. The summed E-state index contributed by atoms with van der Waals surface area (Å²) in [7, 11) is 0. The molecule has 2 aliphatic rings. The number of piperazine rings is 1. The Balaban J connectivity index is 2.06. The van der Waals surface area contributed by atoms with Gasteiger partial charge in [0.2, 0.25) is 0 Å². The number of ether oxygens (including phenoxy) is 1. The fourth-order valence-electron chi connectivity index (χ4n) is 3.04. The monoisotopic (exact) mass is 256 g/mol. The maximum Gasteiger partial charge on any atom is 0.410 e. The number of amides is 1. The lowest BCUT2D eigenvalue weighted by Gasteiger charge is -2.37. The highest BCUT2D eigenvalue weighted by molar-refractivity contribution is 5.70. The highest BCUT2D eigenvalue weighted by Crippen LogP contribution is 2.35. The van der Waals surface area contributed by atoms with Crippen LogP contribution in [0.4, 0.5) is 4.79 Å². The lowest BCUT2D eigenvalue weighted by atomic mass is 9.97. The molecule has 2 N–H and O–H groups in total. The van der Waals surface area contributed by atoms with Gasteiger partial charge in [0.15, 0.2) is 0 Å². The molecule has 3 atom stereocenters. The van der Waals surface area contributed by atoms with Crippen LogP contribution in [0.1, 0.15) is 33.6 Å². The molecule has 0 aromatic heterocycles. The molecular weight excluding hydrogens is 232 g/mol. The van der Waals surface area contributed by atoms with E-state index in [9.17, 15) is 4.79 Å². The van der Waals surface area contributed by atoms with Gasteiger partial charge in [-0.25, -0.2) is 4.79 Å². The number of hydrogen-bond donors (Lipinski definition) is 2. The van der Waals surface area contributed by atoms with Crippen LogP contribution < -0.4 is 5.32 Å². The number of nitrogens with zero attached hydrogens (tertiary/aromatic N) is 1. The van der Waals surface area contributed by atoms with Gasteiger partial charge in [-0.05, 0) is 39.5 Å². The minimum Gasteiger partial charge on any atom is -0.444 e. The number of aliphatic hydroxyl groups is 1. The molecule has 5 heteroatoms. The van der Waals surface area contributed by atoms with Crippen molar-refractivity contribution in [2.75, 3.05) is 19.7 Å². The highest BCUT2D eigenvalue weighted by Gasteiger charge is 2.46. The smallest absolute Gasteiger partial charge is 0.410 e. The Hall–Kier alpha value is -0.810. The summed E-state index contributed by atoms with van der Waals surface area (Å²) in [5, 5.41) is 12.5. The Labute approximate surface area is 108 Å². The Morgan fingerprint density at radius 2 is 2.17 bits per heavy atom. The predicted octanol–water partition coefficient (Wildman–Crippen LogP) is 0.966. The first-order valence-electron chi connectivity index (χ1n) is 6.75. The molecule has 2 aliphatic heterocycles. The molecule has 5 nitrogen and oxygen atoms in total. The molecule has 1 unspecified atom stereocenters. The summed E-state index contributed by atoms with van der Waals surface area (Å²) in [5.41, 5.74) is -0.451. The van der Waals surface area contributed by atoms with Crippen molar-refractivity contribution in [3.05, 3.63) is 0 Å². The standard InChI is InChI=1S/C13H24N2O3/c1-13(2,3)18-12(17)15-10-6-9(4-5-16)11(15)8-14-7-10/h9-11,14,16H,4-8H2,1-3H3/t9?,10-,11-/m1/s1. The van der Waals surface area contributed by atoms with Crippen molar-refractivity contribution >= 4 is 6.09 Å². The molecule has 0 radical (unpaired) electrons. The summed E-state index contributed by atoms with van der Waals surface area (Å²) < 4.78 is 5.48. The van der Waals surface area contributed by atoms with E-state index >= 15 is 0 Å². The summed E-state index contributed by atoms with van der Waals surface area (Å²) in [6.45, 7) is 7.49. The van der Waals surface area contributed by atoms with Gasteiger partial charge in [0.25, 0.3) is 0 Å². The van der Waals surface area contributed by atoms with Gasteiger partial charge in [0.05, 0.1) is 6.04 Å². The third-order valence-electron chi connectivity index (χ3n) is 3.71. The van der Waals surface area contributed by atoms with Crippen molar-refractivity contribution in [1.82, 2.24) is 10.2 Å². The van der Waals surface area contributed by atoms with Crippen molar-refractivity contribution < 1.29 is 14.6 Å². The zero-order valence-corrected chi connectivity index (χ0v) is 11.5. The zero-order valence-electron chi connectivity index (χ0n) is 11.5. The Bertz CT molecular complexity index is 314. The van der Waals surface area contributed by atoms with Gasteiger partial charge in [-0.2, -0.15) is 0 Å². The normalized spacial score (nSPS) is 31.6. The molecule has 2 rings (SSSR count). The van der Waals surface area contributed by atoms with Crippen molar-refractivity contribution in [3.63, 3.8) is 0 Å². The lowest BCUT2D eigenvalue weighted by Crippen LogP contribution is -2.56. The van der Waals surface area contributed by atoms with Gasteiger partial charge in [0.1, 0.15) is 5.60 Å². The number of rotatable bonds is 2. The Morgan fingerprint density at radius 3 is 2.78 bits per heavy atom. The molecule has 0 saturated carbocycles. The summed E-state index contributed by atoms with van der Waals surface area (Å²) in [5.74, 6) is 0.391. The number of carbonyl (C=O) groups is 1. The van der Waals surface area contributed by atoms with E-state index in [2.05, 4.69) is 5.32 Å². The van der Waals surface area contributed by atoms with Crippen LogP contribution in [0, 0.1) is 5.92 Å². The first-order chi connectivity index (χ1) is 8.42. The van der Waals surface area contributed by atoms with Crippen LogP contribution in [0.5, 0.6) is 0 Å². The van der Waals surface area contributed by atoms with Gasteiger partial charge < -0.3 is 15.2 Å². The van der Waals surface area contributed by atoms with Crippen LogP contribution in [0.3, 0.4) is 0 Å². The van der Waals surface area contributed by atoms with E-state index in [1.54, 1.807) is 0 Å². The molecule has 0 spiro atoms. The van der Waals surface area contributed by atoms with Gasteiger partial charge in [-0.15, -0.1) is 0 Å². The molecule has 2 saturated heterocycles. The molecule has 1 amide bonds. The molecule has 18 heavy (non-hydrogen) atoms. The topological polar surface area (TPSA) is 61.8 Å².